The van der Waals surface area contributed by atoms with Gasteiger partial charge < -0.3 is 4.74 Å². The van der Waals surface area contributed by atoms with Gasteiger partial charge in [0, 0.05) is 19.1 Å². The first-order valence-corrected chi connectivity index (χ1v) is 4.04. The van der Waals surface area contributed by atoms with Gasteiger partial charge in [0.15, 0.2) is 0 Å². The summed E-state index contributed by atoms with van der Waals surface area (Å²) < 4.78 is 5.26. The van der Waals surface area contributed by atoms with E-state index in [-0.39, 0.29) is 0 Å². The third-order valence-corrected chi connectivity index (χ3v) is 3.29. The number of methoxy groups -OCH3 is 1. The molecular weight excluding hydrogens is 126 g/mol. The molecule has 2 nitrogen and oxygen atoms in total. The van der Waals surface area contributed by atoms with Gasteiger partial charge in [-0.05, 0) is 26.3 Å². The molecule has 10 heavy (non-hydrogen) atoms. The molecular formula is C8H15NO. The second-order valence-electron chi connectivity index (χ2n) is 3.58. The van der Waals surface area contributed by atoms with Crippen LogP contribution in [0.3, 0.4) is 0 Å². The van der Waals surface area contributed by atoms with E-state index in [1.807, 2.05) is 0 Å². The lowest BCUT2D eigenvalue weighted by Crippen LogP contribution is -2.67. The largest absolute Gasteiger partial charge is 0.366 e. The van der Waals surface area contributed by atoms with E-state index in [9.17, 15) is 0 Å². The minimum Gasteiger partial charge on any atom is -0.366 e. The Morgan fingerprint density at radius 1 is 1.50 bits per heavy atom. The van der Waals surface area contributed by atoms with Crippen LogP contribution in [-0.4, -0.2) is 30.8 Å². The zero-order valence-electron chi connectivity index (χ0n) is 6.76. The number of hydrogen-bond donors (Lipinski definition) is 0. The van der Waals surface area contributed by atoms with Gasteiger partial charge in [0.25, 0.3) is 0 Å². The molecule has 0 bridgehead atoms. The van der Waals surface area contributed by atoms with Crippen LogP contribution >= 0.6 is 0 Å². The van der Waals surface area contributed by atoms with Crippen molar-refractivity contribution >= 4 is 0 Å². The molecule has 2 heteroatoms. The smallest absolute Gasteiger partial charge is 0.112 e. The van der Waals surface area contributed by atoms with Crippen molar-refractivity contribution in [3.8, 4) is 0 Å². The zero-order valence-corrected chi connectivity index (χ0v) is 6.76. The Bertz CT molecular complexity index is 142. The monoisotopic (exact) mass is 141 g/mol. The van der Waals surface area contributed by atoms with Crippen LogP contribution < -0.4 is 0 Å². The van der Waals surface area contributed by atoms with Crippen LogP contribution in [0, 0.1) is 0 Å². The molecule has 1 aliphatic carbocycles. The molecule has 0 aromatic heterocycles. The molecule has 0 aromatic carbocycles. The fourth-order valence-corrected chi connectivity index (χ4v) is 2.18. The number of ether oxygens (including phenoxy) is 1. The SMILES string of the molecule is COC1CC2(CCC2)N1C. The minimum absolute atomic E-state index is 0.417. The molecule has 1 spiro atoms. The maximum Gasteiger partial charge on any atom is 0.112 e. The van der Waals surface area contributed by atoms with Crippen LogP contribution in [0.25, 0.3) is 0 Å². The lowest BCUT2D eigenvalue weighted by atomic mass is 9.67. The molecule has 0 aromatic rings. The van der Waals surface area contributed by atoms with Gasteiger partial charge in [-0.25, -0.2) is 0 Å². The summed E-state index contributed by atoms with van der Waals surface area (Å²) in [6.07, 6.45) is 5.88. The average Bonchev–Trinajstić information content (AvgIpc) is 1.83. The molecule has 1 saturated heterocycles. The van der Waals surface area contributed by atoms with Gasteiger partial charge in [-0.1, -0.05) is 0 Å². The zero-order chi connectivity index (χ0) is 7.19. The van der Waals surface area contributed by atoms with Gasteiger partial charge in [-0.2, -0.15) is 0 Å². The van der Waals surface area contributed by atoms with Crippen LogP contribution in [0.4, 0.5) is 0 Å². The fourth-order valence-electron chi connectivity index (χ4n) is 2.18. The molecule has 2 fully saturated rings. The van der Waals surface area contributed by atoms with E-state index in [4.69, 9.17) is 4.74 Å². The van der Waals surface area contributed by atoms with Gasteiger partial charge in [0.1, 0.15) is 6.23 Å². The molecule has 0 N–H and O–H groups in total. The molecule has 1 heterocycles. The third-order valence-electron chi connectivity index (χ3n) is 3.29. The molecule has 1 aliphatic heterocycles. The molecule has 1 saturated carbocycles. The highest BCUT2D eigenvalue weighted by molar-refractivity contribution is 5.06. The Hall–Kier alpha value is -0.0800. The van der Waals surface area contributed by atoms with Crippen LogP contribution in [0.2, 0.25) is 0 Å². The minimum atomic E-state index is 0.417. The van der Waals surface area contributed by atoms with E-state index in [0.717, 1.165) is 0 Å². The predicted octanol–water partition coefficient (Wildman–Crippen LogP) is 1.22. The normalized spacial score (nSPS) is 37.2. The lowest BCUT2D eigenvalue weighted by molar-refractivity contribution is -0.206. The maximum atomic E-state index is 5.26. The molecule has 58 valence electrons. The van der Waals surface area contributed by atoms with E-state index in [1.165, 1.54) is 25.7 Å². The molecule has 1 atom stereocenters. The van der Waals surface area contributed by atoms with Crippen LogP contribution in [0.5, 0.6) is 0 Å². The van der Waals surface area contributed by atoms with Crippen molar-refractivity contribution in [2.24, 2.45) is 0 Å². The first-order valence-electron chi connectivity index (χ1n) is 4.04. The quantitative estimate of drug-likeness (QED) is 0.544. The lowest BCUT2D eigenvalue weighted by Gasteiger charge is -2.61. The molecule has 2 aliphatic rings. The summed E-state index contributed by atoms with van der Waals surface area (Å²) in [7, 11) is 3.98. The number of likely N-dealkylation sites (tertiary alicyclic amines) is 1. The first-order chi connectivity index (χ1) is 4.78. The summed E-state index contributed by atoms with van der Waals surface area (Å²) in [5.41, 5.74) is 0.584. The van der Waals surface area contributed by atoms with Crippen molar-refractivity contribution < 1.29 is 4.74 Å². The van der Waals surface area contributed by atoms with Gasteiger partial charge in [-0.15, -0.1) is 0 Å². The van der Waals surface area contributed by atoms with E-state index >= 15 is 0 Å². The van der Waals surface area contributed by atoms with E-state index in [1.54, 1.807) is 7.11 Å². The highest BCUT2D eigenvalue weighted by atomic mass is 16.5. The molecule has 0 amide bonds. The third kappa shape index (κ3) is 0.611. The standard InChI is InChI=1S/C8H15NO/c1-9-7(10-2)6-8(9)4-3-5-8/h7H,3-6H2,1-2H3. The van der Waals surface area contributed by atoms with E-state index in [2.05, 4.69) is 11.9 Å². The van der Waals surface area contributed by atoms with Crippen molar-refractivity contribution in [1.82, 2.24) is 4.90 Å². The Morgan fingerprint density at radius 3 is 2.50 bits per heavy atom. The molecule has 2 rings (SSSR count). The number of nitrogens with zero attached hydrogens (tertiary/aromatic N) is 1. The molecule has 0 radical (unpaired) electrons. The van der Waals surface area contributed by atoms with Gasteiger partial charge in [-0.3, -0.25) is 4.90 Å². The predicted molar refractivity (Wildman–Crippen MR) is 39.8 cm³/mol. The van der Waals surface area contributed by atoms with Gasteiger partial charge in [0.2, 0.25) is 0 Å². The summed E-state index contributed by atoms with van der Waals surface area (Å²) in [6.45, 7) is 0. The van der Waals surface area contributed by atoms with Crippen LogP contribution in [0.1, 0.15) is 25.7 Å². The first kappa shape index (κ1) is 6.62. The maximum absolute atomic E-state index is 5.26. The van der Waals surface area contributed by atoms with Gasteiger partial charge >= 0.3 is 0 Å². The highest BCUT2D eigenvalue weighted by Crippen LogP contribution is 2.49. The fraction of sp³-hybridized carbons (Fsp3) is 1.00. The van der Waals surface area contributed by atoms with Crippen molar-refractivity contribution in [2.45, 2.75) is 37.5 Å². The summed E-state index contributed by atoms with van der Waals surface area (Å²) in [6, 6.07) is 0. The van der Waals surface area contributed by atoms with Crippen molar-refractivity contribution in [3.63, 3.8) is 0 Å². The van der Waals surface area contributed by atoms with Crippen molar-refractivity contribution in [1.29, 1.82) is 0 Å². The van der Waals surface area contributed by atoms with Crippen LogP contribution in [-0.2, 0) is 4.74 Å². The summed E-state index contributed by atoms with van der Waals surface area (Å²) in [5.74, 6) is 0. The Labute approximate surface area is 62.2 Å². The van der Waals surface area contributed by atoms with Crippen molar-refractivity contribution in [2.75, 3.05) is 14.2 Å². The van der Waals surface area contributed by atoms with Crippen molar-refractivity contribution in [3.05, 3.63) is 0 Å². The van der Waals surface area contributed by atoms with E-state index in [0.29, 0.717) is 11.8 Å². The second kappa shape index (κ2) is 1.95. The Kier molecular flexibility index (Phi) is 1.29. The average molecular weight is 141 g/mol. The molecule has 1 unspecified atom stereocenters. The highest BCUT2D eigenvalue weighted by Gasteiger charge is 2.53. The number of hydrogen-bond acceptors (Lipinski definition) is 2. The summed E-state index contributed by atoms with van der Waals surface area (Å²) in [4.78, 5) is 2.39. The van der Waals surface area contributed by atoms with Crippen LogP contribution in [0.15, 0.2) is 0 Å². The summed E-state index contributed by atoms with van der Waals surface area (Å²) in [5, 5.41) is 0. The topological polar surface area (TPSA) is 12.5 Å². The number of rotatable bonds is 1. The van der Waals surface area contributed by atoms with Gasteiger partial charge in [0.05, 0.1) is 0 Å². The second-order valence-corrected chi connectivity index (χ2v) is 3.58. The Balaban J connectivity index is 1.95. The summed E-state index contributed by atoms with van der Waals surface area (Å²) >= 11 is 0. The van der Waals surface area contributed by atoms with E-state index < -0.39 is 0 Å². The Morgan fingerprint density at radius 2 is 2.20 bits per heavy atom.